The second kappa shape index (κ2) is 6.94. The second-order valence-corrected chi connectivity index (χ2v) is 6.03. The molecule has 1 heteroatoms. The SMILES string of the molecule is CNC(CCc1c(C)cc(C)cc1C)CC(C)C. The normalized spacial score (nSPS) is 13.1. The lowest BCUT2D eigenvalue weighted by Crippen LogP contribution is -2.27. The fourth-order valence-electron chi connectivity index (χ4n) is 2.87. The van der Waals surface area contributed by atoms with Crippen molar-refractivity contribution in [3.05, 3.63) is 34.4 Å². The number of rotatable bonds is 6. The van der Waals surface area contributed by atoms with Crippen molar-refractivity contribution in [1.82, 2.24) is 5.32 Å². The van der Waals surface area contributed by atoms with Crippen molar-refractivity contribution in [3.63, 3.8) is 0 Å². The van der Waals surface area contributed by atoms with Crippen LogP contribution in [-0.4, -0.2) is 13.1 Å². The molecule has 1 nitrogen and oxygen atoms in total. The molecule has 0 radical (unpaired) electrons. The molecule has 0 bridgehead atoms. The van der Waals surface area contributed by atoms with Gasteiger partial charge in [0.25, 0.3) is 0 Å². The average molecular weight is 247 g/mol. The Bertz CT molecular complexity index is 356. The molecular formula is C17H29N. The van der Waals surface area contributed by atoms with Gasteiger partial charge in [-0.2, -0.15) is 0 Å². The third kappa shape index (κ3) is 4.45. The fraction of sp³-hybridized carbons (Fsp3) is 0.647. The Morgan fingerprint density at radius 3 is 2.06 bits per heavy atom. The molecule has 1 atom stereocenters. The maximum atomic E-state index is 3.45. The second-order valence-electron chi connectivity index (χ2n) is 6.03. The number of benzene rings is 1. The molecule has 0 saturated heterocycles. The minimum Gasteiger partial charge on any atom is -0.317 e. The summed E-state index contributed by atoms with van der Waals surface area (Å²) in [5.74, 6) is 0.766. The van der Waals surface area contributed by atoms with Crippen LogP contribution in [0.4, 0.5) is 0 Å². The van der Waals surface area contributed by atoms with Gasteiger partial charge in [0.05, 0.1) is 0 Å². The summed E-state index contributed by atoms with van der Waals surface area (Å²) in [4.78, 5) is 0. The number of nitrogens with one attached hydrogen (secondary N) is 1. The summed E-state index contributed by atoms with van der Waals surface area (Å²) < 4.78 is 0. The van der Waals surface area contributed by atoms with E-state index in [1.807, 2.05) is 0 Å². The Morgan fingerprint density at radius 2 is 1.61 bits per heavy atom. The molecule has 1 rings (SSSR count). The van der Waals surface area contributed by atoms with Gasteiger partial charge in [0.2, 0.25) is 0 Å². The molecule has 1 N–H and O–H groups in total. The van der Waals surface area contributed by atoms with Gasteiger partial charge >= 0.3 is 0 Å². The van der Waals surface area contributed by atoms with E-state index >= 15 is 0 Å². The van der Waals surface area contributed by atoms with Gasteiger partial charge in [-0.25, -0.2) is 0 Å². The predicted molar refractivity (Wildman–Crippen MR) is 81.3 cm³/mol. The van der Waals surface area contributed by atoms with Crippen LogP contribution in [-0.2, 0) is 6.42 Å². The Balaban J connectivity index is 2.68. The molecule has 102 valence electrons. The van der Waals surface area contributed by atoms with Crippen molar-refractivity contribution >= 4 is 0 Å². The summed E-state index contributed by atoms with van der Waals surface area (Å²) in [5.41, 5.74) is 5.82. The summed E-state index contributed by atoms with van der Waals surface area (Å²) in [6, 6.07) is 5.25. The highest BCUT2D eigenvalue weighted by molar-refractivity contribution is 5.37. The van der Waals surface area contributed by atoms with Gasteiger partial charge in [0, 0.05) is 6.04 Å². The summed E-state index contributed by atoms with van der Waals surface area (Å²) in [7, 11) is 2.09. The van der Waals surface area contributed by atoms with Gasteiger partial charge in [0.15, 0.2) is 0 Å². The number of hydrogen-bond acceptors (Lipinski definition) is 1. The lowest BCUT2D eigenvalue weighted by Gasteiger charge is -2.19. The van der Waals surface area contributed by atoms with Gasteiger partial charge in [-0.1, -0.05) is 31.5 Å². The molecule has 18 heavy (non-hydrogen) atoms. The van der Waals surface area contributed by atoms with Crippen LogP contribution in [0.2, 0.25) is 0 Å². The van der Waals surface area contributed by atoms with Crippen LogP contribution in [0.25, 0.3) is 0 Å². The molecule has 0 saturated carbocycles. The van der Waals surface area contributed by atoms with Crippen LogP contribution in [0.1, 0.15) is 48.9 Å². The summed E-state index contributed by atoms with van der Waals surface area (Å²) in [5, 5.41) is 3.45. The van der Waals surface area contributed by atoms with Crippen LogP contribution >= 0.6 is 0 Å². The lowest BCUT2D eigenvalue weighted by molar-refractivity contribution is 0.421. The minimum absolute atomic E-state index is 0.644. The zero-order valence-electron chi connectivity index (χ0n) is 12.9. The van der Waals surface area contributed by atoms with Crippen molar-refractivity contribution in [2.75, 3.05) is 7.05 Å². The zero-order chi connectivity index (χ0) is 13.7. The molecule has 0 spiro atoms. The third-order valence-corrected chi connectivity index (χ3v) is 3.75. The predicted octanol–water partition coefficient (Wildman–Crippen LogP) is 4.18. The molecule has 0 heterocycles. The lowest BCUT2D eigenvalue weighted by atomic mass is 9.92. The van der Waals surface area contributed by atoms with Crippen LogP contribution in [0.15, 0.2) is 12.1 Å². The molecule has 1 unspecified atom stereocenters. The van der Waals surface area contributed by atoms with Gasteiger partial charge in [-0.15, -0.1) is 0 Å². The first-order valence-electron chi connectivity index (χ1n) is 7.18. The van der Waals surface area contributed by atoms with Crippen LogP contribution in [0.3, 0.4) is 0 Å². The summed E-state index contributed by atoms with van der Waals surface area (Å²) in [6.07, 6.45) is 3.69. The quantitative estimate of drug-likeness (QED) is 0.795. The van der Waals surface area contributed by atoms with Crippen molar-refractivity contribution in [2.24, 2.45) is 5.92 Å². The smallest absolute Gasteiger partial charge is 0.00696 e. The van der Waals surface area contributed by atoms with Crippen LogP contribution in [0.5, 0.6) is 0 Å². The largest absolute Gasteiger partial charge is 0.317 e. The molecule has 0 aromatic heterocycles. The van der Waals surface area contributed by atoms with E-state index in [0.717, 1.165) is 5.92 Å². The highest BCUT2D eigenvalue weighted by atomic mass is 14.9. The Kier molecular flexibility index (Phi) is 5.87. The topological polar surface area (TPSA) is 12.0 Å². The first-order chi connectivity index (χ1) is 8.43. The first-order valence-corrected chi connectivity index (χ1v) is 7.18. The van der Waals surface area contributed by atoms with E-state index < -0.39 is 0 Å². The van der Waals surface area contributed by atoms with E-state index in [1.165, 1.54) is 36.0 Å². The third-order valence-electron chi connectivity index (χ3n) is 3.75. The van der Waals surface area contributed by atoms with E-state index in [1.54, 1.807) is 5.56 Å². The fourth-order valence-corrected chi connectivity index (χ4v) is 2.87. The van der Waals surface area contributed by atoms with E-state index in [-0.39, 0.29) is 0 Å². The molecular weight excluding hydrogens is 218 g/mol. The van der Waals surface area contributed by atoms with Gasteiger partial charge in [0.1, 0.15) is 0 Å². The van der Waals surface area contributed by atoms with Crippen molar-refractivity contribution in [2.45, 2.75) is 59.9 Å². The monoisotopic (exact) mass is 247 g/mol. The van der Waals surface area contributed by atoms with Crippen LogP contribution < -0.4 is 5.32 Å². The number of hydrogen-bond donors (Lipinski definition) is 1. The Hall–Kier alpha value is -0.820. The average Bonchev–Trinajstić information content (AvgIpc) is 2.25. The summed E-state index contributed by atoms with van der Waals surface area (Å²) in [6.45, 7) is 11.3. The maximum absolute atomic E-state index is 3.45. The molecule has 1 aromatic carbocycles. The van der Waals surface area contributed by atoms with Gasteiger partial charge in [-0.05, 0) is 69.7 Å². The molecule has 0 fully saturated rings. The molecule has 1 aromatic rings. The highest BCUT2D eigenvalue weighted by Crippen LogP contribution is 2.20. The van der Waals surface area contributed by atoms with E-state index in [4.69, 9.17) is 0 Å². The standard InChI is InChI=1S/C17H29N/c1-12(2)9-16(18-6)7-8-17-14(4)10-13(3)11-15(17)5/h10-12,16,18H,7-9H2,1-6H3. The minimum atomic E-state index is 0.644. The van der Waals surface area contributed by atoms with Gasteiger partial charge in [-0.3, -0.25) is 0 Å². The highest BCUT2D eigenvalue weighted by Gasteiger charge is 2.11. The maximum Gasteiger partial charge on any atom is 0.00696 e. The van der Waals surface area contributed by atoms with Crippen molar-refractivity contribution in [1.29, 1.82) is 0 Å². The molecule has 0 aliphatic carbocycles. The first kappa shape index (κ1) is 15.2. The van der Waals surface area contributed by atoms with Crippen molar-refractivity contribution in [3.8, 4) is 0 Å². The number of aryl methyl sites for hydroxylation is 3. The molecule has 0 amide bonds. The molecule has 0 aliphatic rings. The summed E-state index contributed by atoms with van der Waals surface area (Å²) >= 11 is 0. The van der Waals surface area contributed by atoms with Crippen LogP contribution in [0, 0.1) is 26.7 Å². The Labute approximate surface area is 113 Å². The molecule has 0 aliphatic heterocycles. The van der Waals surface area contributed by atoms with E-state index in [9.17, 15) is 0 Å². The van der Waals surface area contributed by atoms with Crippen molar-refractivity contribution < 1.29 is 0 Å². The van der Waals surface area contributed by atoms with E-state index in [0.29, 0.717) is 6.04 Å². The van der Waals surface area contributed by atoms with Gasteiger partial charge < -0.3 is 5.32 Å². The zero-order valence-corrected chi connectivity index (χ0v) is 12.9. The Morgan fingerprint density at radius 1 is 1.06 bits per heavy atom. The van der Waals surface area contributed by atoms with E-state index in [2.05, 4.69) is 59.1 Å².